The molecule has 1 N–H and O–H groups in total. The minimum absolute atomic E-state index is 0.372. The zero-order valence-electron chi connectivity index (χ0n) is 11.3. The van der Waals surface area contributed by atoms with E-state index in [9.17, 15) is 0 Å². The molecule has 5 heteroatoms. The molecule has 0 amide bonds. The molecule has 0 bridgehead atoms. The highest BCUT2D eigenvalue weighted by atomic mass is 16.5. The summed E-state index contributed by atoms with van der Waals surface area (Å²) >= 11 is 0. The van der Waals surface area contributed by atoms with Crippen LogP contribution in [-0.4, -0.2) is 36.4 Å². The van der Waals surface area contributed by atoms with Crippen molar-refractivity contribution >= 4 is 0 Å². The minimum atomic E-state index is 0.372. The van der Waals surface area contributed by atoms with Gasteiger partial charge in [0, 0.05) is 19.1 Å². The van der Waals surface area contributed by atoms with Crippen molar-refractivity contribution in [3.63, 3.8) is 0 Å². The summed E-state index contributed by atoms with van der Waals surface area (Å²) in [6, 6.07) is 0.471. The van der Waals surface area contributed by atoms with Gasteiger partial charge < -0.3 is 14.6 Å². The number of hydrogen-bond donors (Lipinski definition) is 1. The summed E-state index contributed by atoms with van der Waals surface area (Å²) in [5, 5.41) is 7.40. The number of ether oxygens (including phenoxy) is 1. The molecule has 0 saturated heterocycles. The lowest BCUT2D eigenvalue weighted by Gasteiger charge is -2.28. The summed E-state index contributed by atoms with van der Waals surface area (Å²) in [4.78, 5) is 4.51. The summed E-state index contributed by atoms with van der Waals surface area (Å²) in [5.74, 6) is 1.93. The maximum Gasteiger partial charge on any atom is 0.231 e. The van der Waals surface area contributed by atoms with Gasteiger partial charge in [0.2, 0.25) is 5.89 Å². The lowest BCUT2D eigenvalue weighted by Crippen LogP contribution is -2.34. The standard InChI is InChI=1S/C13H23N3O2/c1-3-17-9-8-12-15-13(18-16-12)10-6-4-5-7-11(10)14-2/h10-11,14H,3-9H2,1-2H3. The van der Waals surface area contributed by atoms with E-state index in [4.69, 9.17) is 9.26 Å². The molecule has 18 heavy (non-hydrogen) atoms. The third kappa shape index (κ3) is 3.29. The Hall–Kier alpha value is -0.940. The van der Waals surface area contributed by atoms with Gasteiger partial charge in [-0.2, -0.15) is 4.98 Å². The molecular formula is C13H23N3O2. The normalized spacial score (nSPS) is 24.3. The Kier molecular flexibility index (Phi) is 5.13. The SMILES string of the molecule is CCOCCc1noc(C2CCCCC2NC)n1. The second kappa shape index (κ2) is 6.85. The molecule has 5 nitrogen and oxygen atoms in total. The molecule has 2 rings (SSSR count). The van der Waals surface area contributed by atoms with Gasteiger partial charge in [-0.05, 0) is 26.8 Å². The van der Waals surface area contributed by atoms with Gasteiger partial charge in [-0.25, -0.2) is 0 Å². The lowest BCUT2D eigenvalue weighted by molar-refractivity contribution is 0.149. The van der Waals surface area contributed by atoms with Gasteiger partial charge in [0.1, 0.15) is 0 Å². The predicted octanol–water partition coefficient (Wildman–Crippen LogP) is 1.89. The van der Waals surface area contributed by atoms with Crippen LogP contribution in [0.5, 0.6) is 0 Å². The van der Waals surface area contributed by atoms with E-state index >= 15 is 0 Å². The Bertz CT molecular complexity index is 354. The summed E-state index contributed by atoms with van der Waals surface area (Å²) in [6.45, 7) is 3.38. The Morgan fingerprint density at radius 1 is 1.39 bits per heavy atom. The first-order valence-corrected chi connectivity index (χ1v) is 6.92. The van der Waals surface area contributed by atoms with Gasteiger partial charge in [0.25, 0.3) is 0 Å². The molecule has 2 unspecified atom stereocenters. The van der Waals surface area contributed by atoms with Crippen LogP contribution in [0.25, 0.3) is 0 Å². The van der Waals surface area contributed by atoms with Crippen LogP contribution in [0.3, 0.4) is 0 Å². The van der Waals surface area contributed by atoms with Crippen molar-refractivity contribution in [2.45, 2.75) is 51.0 Å². The highest BCUT2D eigenvalue weighted by molar-refractivity contribution is 5.01. The fraction of sp³-hybridized carbons (Fsp3) is 0.846. The summed E-state index contributed by atoms with van der Waals surface area (Å²) in [6.07, 6.45) is 5.59. The van der Waals surface area contributed by atoms with E-state index in [-0.39, 0.29) is 0 Å². The molecular weight excluding hydrogens is 230 g/mol. The number of nitrogens with one attached hydrogen (secondary N) is 1. The number of nitrogens with zero attached hydrogens (tertiary/aromatic N) is 2. The third-order valence-electron chi connectivity index (χ3n) is 3.61. The highest BCUT2D eigenvalue weighted by Crippen LogP contribution is 2.31. The first-order valence-electron chi connectivity index (χ1n) is 6.92. The van der Waals surface area contributed by atoms with Crippen LogP contribution in [0.2, 0.25) is 0 Å². The summed E-state index contributed by atoms with van der Waals surface area (Å²) in [7, 11) is 2.01. The lowest BCUT2D eigenvalue weighted by atomic mass is 9.84. The van der Waals surface area contributed by atoms with Crippen molar-refractivity contribution < 1.29 is 9.26 Å². The van der Waals surface area contributed by atoms with Crippen molar-refractivity contribution in [3.8, 4) is 0 Å². The van der Waals surface area contributed by atoms with Crippen LogP contribution in [0.4, 0.5) is 0 Å². The van der Waals surface area contributed by atoms with E-state index < -0.39 is 0 Å². The van der Waals surface area contributed by atoms with Crippen molar-refractivity contribution in [1.29, 1.82) is 0 Å². The molecule has 1 aliphatic carbocycles. The monoisotopic (exact) mass is 253 g/mol. The largest absolute Gasteiger partial charge is 0.381 e. The summed E-state index contributed by atoms with van der Waals surface area (Å²) < 4.78 is 10.7. The van der Waals surface area contributed by atoms with E-state index in [1.165, 1.54) is 19.3 Å². The fourth-order valence-corrected chi connectivity index (χ4v) is 2.60. The van der Waals surface area contributed by atoms with Crippen molar-refractivity contribution in [2.75, 3.05) is 20.3 Å². The smallest absolute Gasteiger partial charge is 0.231 e. The van der Waals surface area contributed by atoms with Crippen LogP contribution in [0.1, 0.15) is 50.2 Å². The zero-order chi connectivity index (χ0) is 12.8. The number of rotatable bonds is 6. The number of aromatic nitrogens is 2. The Balaban J connectivity index is 1.95. The van der Waals surface area contributed by atoms with Crippen molar-refractivity contribution in [1.82, 2.24) is 15.5 Å². The maximum atomic E-state index is 5.41. The molecule has 0 radical (unpaired) electrons. The maximum absolute atomic E-state index is 5.41. The Labute approximate surface area is 108 Å². The quantitative estimate of drug-likeness (QED) is 0.785. The minimum Gasteiger partial charge on any atom is -0.381 e. The first kappa shape index (κ1) is 13.5. The predicted molar refractivity (Wildman–Crippen MR) is 68.6 cm³/mol. The highest BCUT2D eigenvalue weighted by Gasteiger charge is 2.29. The van der Waals surface area contributed by atoms with E-state index in [1.807, 2.05) is 14.0 Å². The third-order valence-corrected chi connectivity index (χ3v) is 3.61. The molecule has 0 spiro atoms. The zero-order valence-corrected chi connectivity index (χ0v) is 11.3. The van der Waals surface area contributed by atoms with Crippen LogP contribution in [0.15, 0.2) is 4.52 Å². The molecule has 0 aliphatic heterocycles. The van der Waals surface area contributed by atoms with Crippen LogP contribution < -0.4 is 5.32 Å². The van der Waals surface area contributed by atoms with E-state index in [0.717, 1.165) is 31.2 Å². The molecule has 1 aliphatic rings. The van der Waals surface area contributed by atoms with Gasteiger partial charge in [-0.15, -0.1) is 0 Å². The molecule has 1 aromatic rings. The van der Waals surface area contributed by atoms with Gasteiger partial charge in [-0.1, -0.05) is 18.0 Å². The molecule has 1 saturated carbocycles. The average Bonchev–Trinajstić information content (AvgIpc) is 2.88. The van der Waals surface area contributed by atoms with Crippen molar-refractivity contribution in [3.05, 3.63) is 11.7 Å². The van der Waals surface area contributed by atoms with E-state index in [1.54, 1.807) is 0 Å². The van der Waals surface area contributed by atoms with Gasteiger partial charge in [0.15, 0.2) is 5.82 Å². The number of hydrogen-bond acceptors (Lipinski definition) is 5. The second-order valence-electron chi connectivity index (χ2n) is 4.78. The fourth-order valence-electron chi connectivity index (χ4n) is 2.60. The molecule has 0 aromatic carbocycles. The van der Waals surface area contributed by atoms with Gasteiger partial charge >= 0.3 is 0 Å². The second-order valence-corrected chi connectivity index (χ2v) is 4.78. The Morgan fingerprint density at radius 2 is 2.22 bits per heavy atom. The van der Waals surface area contributed by atoms with Gasteiger partial charge in [0.05, 0.1) is 12.5 Å². The molecule has 1 fully saturated rings. The first-order chi connectivity index (χ1) is 8.85. The number of likely N-dealkylation sites (N-methyl/N-ethyl adjacent to an activating group) is 1. The summed E-state index contributed by atoms with van der Waals surface area (Å²) in [5.41, 5.74) is 0. The van der Waals surface area contributed by atoms with Crippen LogP contribution in [0, 0.1) is 0 Å². The molecule has 1 aromatic heterocycles. The topological polar surface area (TPSA) is 60.2 Å². The van der Waals surface area contributed by atoms with Gasteiger partial charge in [-0.3, -0.25) is 0 Å². The van der Waals surface area contributed by atoms with Crippen LogP contribution in [-0.2, 0) is 11.2 Å². The van der Waals surface area contributed by atoms with E-state index in [0.29, 0.717) is 18.6 Å². The van der Waals surface area contributed by atoms with Crippen LogP contribution >= 0.6 is 0 Å². The molecule has 102 valence electrons. The molecule has 1 heterocycles. The Morgan fingerprint density at radius 3 is 3.00 bits per heavy atom. The molecule has 2 atom stereocenters. The van der Waals surface area contributed by atoms with Crippen molar-refractivity contribution in [2.24, 2.45) is 0 Å². The average molecular weight is 253 g/mol. The van der Waals surface area contributed by atoms with E-state index in [2.05, 4.69) is 15.5 Å².